The summed E-state index contributed by atoms with van der Waals surface area (Å²) in [5.41, 5.74) is 1.64. The van der Waals surface area contributed by atoms with E-state index in [0.29, 0.717) is 11.8 Å². The van der Waals surface area contributed by atoms with Gasteiger partial charge in [-0.15, -0.1) is 0 Å². The highest BCUT2D eigenvalue weighted by Gasteiger charge is 2.63. The van der Waals surface area contributed by atoms with E-state index in [4.69, 9.17) is 0 Å². The normalized spacial score (nSPS) is 46.9. The minimum atomic E-state index is -0.569. The van der Waals surface area contributed by atoms with Crippen molar-refractivity contribution in [1.29, 1.82) is 0 Å². The molecule has 2 nitrogen and oxygen atoms in total. The Kier molecular flexibility index (Phi) is 2.10. The largest absolute Gasteiger partial charge is 0.481 e. The van der Waals surface area contributed by atoms with Crippen molar-refractivity contribution in [3.63, 3.8) is 0 Å². The molecule has 4 atom stereocenters. The Morgan fingerprint density at radius 2 is 2.06 bits per heavy atom. The summed E-state index contributed by atoms with van der Waals surface area (Å²) in [6.07, 6.45) is 5.35. The molecule has 0 aliphatic heterocycles. The van der Waals surface area contributed by atoms with Crippen LogP contribution in [0.2, 0.25) is 0 Å². The second-order valence-corrected chi connectivity index (χ2v) is 6.94. The third-order valence-corrected chi connectivity index (χ3v) is 6.28. The molecule has 3 aliphatic rings. The Labute approximate surface area is 103 Å². The molecule has 17 heavy (non-hydrogen) atoms. The van der Waals surface area contributed by atoms with E-state index in [0.717, 1.165) is 25.7 Å². The number of carbonyl (C=O) groups is 1. The van der Waals surface area contributed by atoms with E-state index in [1.165, 1.54) is 12.0 Å². The summed E-state index contributed by atoms with van der Waals surface area (Å²) in [5.74, 6) is 0.453. The van der Waals surface area contributed by atoms with Crippen LogP contribution in [0.5, 0.6) is 0 Å². The predicted molar refractivity (Wildman–Crippen MR) is 66.5 cm³/mol. The zero-order chi connectivity index (χ0) is 12.4. The Morgan fingerprint density at radius 1 is 1.35 bits per heavy atom. The third-order valence-electron chi connectivity index (χ3n) is 6.28. The van der Waals surface area contributed by atoms with Crippen molar-refractivity contribution in [1.82, 2.24) is 0 Å². The number of rotatable bonds is 1. The number of hydrogen-bond donors (Lipinski definition) is 1. The van der Waals surface area contributed by atoms with Crippen molar-refractivity contribution < 1.29 is 9.90 Å². The average molecular weight is 234 g/mol. The van der Waals surface area contributed by atoms with Gasteiger partial charge in [0.25, 0.3) is 0 Å². The lowest BCUT2D eigenvalue weighted by Gasteiger charge is -2.48. The molecule has 2 bridgehead atoms. The van der Waals surface area contributed by atoms with Crippen LogP contribution in [-0.4, -0.2) is 11.1 Å². The lowest BCUT2D eigenvalue weighted by atomic mass is 9.56. The van der Waals surface area contributed by atoms with E-state index in [9.17, 15) is 9.90 Å². The number of hydrogen-bond acceptors (Lipinski definition) is 1. The Bertz CT molecular complexity index is 396. The maximum absolute atomic E-state index is 11.5. The fraction of sp³-hybridized carbons (Fsp3) is 0.800. The molecular weight excluding hydrogens is 212 g/mol. The van der Waals surface area contributed by atoms with Gasteiger partial charge in [-0.2, -0.15) is 0 Å². The zero-order valence-corrected chi connectivity index (χ0v) is 10.8. The Morgan fingerprint density at radius 3 is 2.71 bits per heavy atom. The number of carboxylic acids is 1. The van der Waals surface area contributed by atoms with Gasteiger partial charge in [0.05, 0.1) is 5.92 Å². The molecule has 3 rings (SSSR count). The fourth-order valence-electron chi connectivity index (χ4n) is 5.11. The molecule has 1 N–H and O–H groups in total. The van der Waals surface area contributed by atoms with E-state index in [-0.39, 0.29) is 16.7 Å². The van der Waals surface area contributed by atoms with Crippen molar-refractivity contribution in [2.45, 2.75) is 46.0 Å². The number of aliphatic carboxylic acids is 1. The van der Waals surface area contributed by atoms with E-state index in [2.05, 4.69) is 20.4 Å². The molecule has 0 saturated heterocycles. The van der Waals surface area contributed by atoms with E-state index < -0.39 is 5.97 Å². The monoisotopic (exact) mass is 234 g/mol. The standard InChI is InChI=1S/C15H22O2/c1-9-11-4-5-12(13(16)17)15(11)7-6-10(8-15)14(9,2)3/h10-12H,1,4-8H2,2-3H3,(H,16,17)/t10-,11-,12+,15-/m0/s1. The van der Waals surface area contributed by atoms with Crippen molar-refractivity contribution >= 4 is 5.97 Å². The van der Waals surface area contributed by atoms with Crippen LogP contribution in [-0.2, 0) is 4.79 Å². The highest BCUT2D eigenvalue weighted by atomic mass is 16.4. The minimum Gasteiger partial charge on any atom is -0.481 e. The molecule has 94 valence electrons. The Hall–Kier alpha value is -0.790. The van der Waals surface area contributed by atoms with Gasteiger partial charge in [-0.05, 0) is 54.8 Å². The van der Waals surface area contributed by atoms with Crippen molar-refractivity contribution in [2.75, 3.05) is 0 Å². The molecule has 0 amide bonds. The highest BCUT2D eigenvalue weighted by molar-refractivity contribution is 5.72. The van der Waals surface area contributed by atoms with Crippen LogP contribution < -0.4 is 0 Å². The molecule has 3 aliphatic carbocycles. The number of fused-ring (bicyclic) bond motifs is 1. The summed E-state index contributed by atoms with van der Waals surface area (Å²) in [4.78, 5) is 11.5. The smallest absolute Gasteiger partial charge is 0.307 e. The van der Waals surface area contributed by atoms with Crippen LogP contribution in [0.4, 0.5) is 0 Å². The van der Waals surface area contributed by atoms with Crippen LogP contribution in [0.15, 0.2) is 12.2 Å². The maximum atomic E-state index is 11.5. The van der Waals surface area contributed by atoms with Gasteiger partial charge in [0.2, 0.25) is 0 Å². The average Bonchev–Trinajstić information content (AvgIpc) is 2.81. The second kappa shape index (κ2) is 3.15. The predicted octanol–water partition coefficient (Wildman–Crippen LogP) is 3.48. The van der Waals surface area contributed by atoms with Crippen molar-refractivity contribution in [3.8, 4) is 0 Å². The summed E-state index contributed by atoms with van der Waals surface area (Å²) < 4.78 is 0. The first-order chi connectivity index (χ1) is 7.89. The molecule has 3 fully saturated rings. The zero-order valence-electron chi connectivity index (χ0n) is 10.8. The van der Waals surface area contributed by atoms with Gasteiger partial charge in [0.15, 0.2) is 0 Å². The summed E-state index contributed by atoms with van der Waals surface area (Å²) in [5, 5.41) is 9.45. The molecule has 0 aromatic rings. The molecule has 2 heteroatoms. The first-order valence-electron chi connectivity index (χ1n) is 6.81. The van der Waals surface area contributed by atoms with Gasteiger partial charge in [0, 0.05) is 0 Å². The van der Waals surface area contributed by atoms with Crippen molar-refractivity contribution in [3.05, 3.63) is 12.2 Å². The number of allylic oxidation sites excluding steroid dienone is 1. The SMILES string of the molecule is C=C1[C@@H]2CC[C@H](C(=O)O)[C@]23CC[C@@H](C3)C1(C)C. The third kappa shape index (κ3) is 1.19. The van der Waals surface area contributed by atoms with E-state index >= 15 is 0 Å². The maximum Gasteiger partial charge on any atom is 0.307 e. The summed E-state index contributed by atoms with van der Waals surface area (Å²) in [6.45, 7) is 8.96. The first-order valence-corrected chi connectivity index (χ1v) is 6.81. The van der Waals surface area contributed by atoms with E-state index in [1.54, 1.807) is 0 Å². The molecule has 0 heterocycles. The van der Waals surface area contributed by atoms with Gasteiger partial charge in [-0.3, -0.25) is 4.79 Å². The van der Waals surface area contributed by atoms with Gasteiger partial charge >= 0.3 is 5.97 Å². The topological polar surface area (TPSA) is 37.3 Å². The molecule has 1 spiro atoms. The number of carboxylic acid groups (broad SMARTS) is 1. The fourth-order valence-corrected chi connectivity index (χ4v) is 5.11. The molecule has 0 aromatic carbocycles. The molecule has 0 aromatic heterocycles. The molecule has 0 unspecified atom stereocenters. The summed E-state index contributed by atoms with van der Waals surface area (Å²) in [7, 11) is 0. The quantitative estimate of drug-likeness (QED) is 0.705. The highest BCUT2D eigenvalue weighted by Crippen LogP contribution is 2.70. The lowest BCUT2D eigenvalue weighted by Crippen LogP contribution is -2.42. The van der Waals surface area contributed by atoms with E-state index in [1.807, 2.05) is 0 Å². The summed E-state index contributed by atoms with van der Waals surface area (Å²) in [6, 6.07) is 0. The van der Waals surface area contributed by atoms with Crippen molar-refractivity contribution in [2.24, 2.45) is 28.6 Å². The minimum absolute atomic E-state index is 0.0725. The van der Waals surface area contributed by atoms with Crippen LogP contribution in [0, 0.1) is 28.6 Å². The van der Waals surface area contributed by atoms with Crippen LogP contribution in [0.3, 0.4) is 0 Å². The van der Waals surface area contributed by atoms with Crippen LogP contribution in [0.1, 0.15) is 46.0 Å². The van der Waals surface area contributed by atoms with Gasteiger partial charge in [-0.1, -0.05) is 26.0 Å². The molecule has 3 saturated carbocycles. The second-order valence-electron chi connectivity index (χ2n) is 6.94. The van der Waals surface area contributed by atoms with Gasteiger partial charge < -0.3 is 5.11 Å². The first kappa shape index (κ1) is 11.3. The molecule has 0 radical (unpaired) electrons. The van der Waals surface area contributed by atoms with Gasteiger partial charge in [-0.25, -0.2) is 0 Å². The lowest BCUT2D eigenvalue weighted by molar-refractivity contribution is -0.146. The summed E-state index contributed by atoms with van der Waals surface area (Å²) >= 11 is 0. The molecular formula is C15H22O2. The van der Waals surface area contributed by atoms with Crippen LogP contribution >= 0.6 is 0 Å². The van der Waals surface area contributed by atoms with Crippen LogP contribution in [0.25, 0.3) is 0 Å². The Balaban J connectivity index is 2.05. The van der Waals surface area contributed by atoms with Gasteiger partial charge in [0.1, 0.15) is 0 Å².